The predicted octanol–water partition coefficient (Wildman–Crippen LogP) is 2.11. The van der Waals surface area contributed by atoms with Gasteiger partial charge < -0.3 is 4.90 Å². The maximum Gasteiger partial charge on any atom is 0.331 e. The van der Waals surface area contributed by atoms with Crippen molar-refractivity contribution in [3.63, 3.8) is 0 Å². The van der Waals surface area contributed by atoms with Gasteiger partial charge in [0.25, 0.3) is 0 Å². The molecule has 0 aliphatic heterocycles. The molecule has 0 heterocycles. The maximum atomic E-state index is 11.9. The van der Waals surface area contributed by atoms with E-state index in [-0.39, 0.29) is 11.9 Å². The van der Waals surface area contributed by atoms with Crippen LogP contribution in [0.2, 0.25) is 0 Å². The van der Waals surface area contributed by atoms with Gasteiger partial charge in [-0.25, -0.2) is 9.69 Å². The number of carbonyl (C=O) groups is 2. The van der Waals surface area contributed by atoms with Crippen LogP contribution in [0, 0.1) is 0 Å². The first-order chi connectivity index (χ1) is 7.57. The lowest BCUT2D eigenvalue weighted by molar-refractivity contribution is -0.116. The van der Waals surface area contributed by atoms with E-state index in [4.69, 9.17) is 0 Å². The van der Waals surface area contributed by atoms with Gasteiger partial charge in [0.2, 0.25) is 5.91 Å². The third kappa shape index (κ3) is 2.59. The van der Waals surface area contributed by atoms with Crippen molar-refractivity contribution in [3.05, 3.63) is 30.3 Å². The minimum absolute atomic E-state index is 0.281. The molecule has 0 aromatic heterocycles. The molecule has 4 nitrogen and oxygen atoms in total. The minimum Gasteiger partial charge on any atom is -0.327 e. The second-order valence-electron chi connectivity index (χ2n) is 3.49. The van der Waals surface area contributed by atoms with Crippen LogP contribution < -0.4 is 4.90 Å². The van der Waals surface area contributed by atoms with Crippen LogP contribution in [-0.4, -0.2) is 30.4 Å². The summed E-state index contributed by atoms with van der Waals surface area (Å²) >= 11 is 0. The second-order valence-corrected chi connectivity index (χ2v) is 3.49. The van der Waals surface area contributed by atoms with E-state index in [1.165, 1.54) is 16.7 Å². The van der Waals surface area contributed by atoms with Gasteiger partial charge in [-0.2, -0.15) is 0 Å². The Morgan fingerprint density at radius 3 is 2.19 bits per heavy atom. The van der Waals surface area contributed by atoms with Gasteiger partial charge in [0, 0.05) is 20.5 Å². The third-order valence-electron chi connectivity index (χ3n) is 2.32. The van der Waals surface area contributed by atoms with Gasteiger partial charge in [0.05, 0.1) is 5.69 Å². The van der Waals surface area contributed by atoms with Gasteiger partial charge in [-0.05, 0) is 19.1 Å². The first-order valence-electron chi connectivity index (χ1n) is 5.18. The number of nitrogens with zero attached hydrogens (tertiary/aromatic N) is 2. The molecular formula is C12H16N2O2. The molecule has 0 fully saturated rings. The Hall–Kier alpha value is -1.84. The second kappa shape index (κ2) is 5.30. The number of rotatable bonds is 2. The zero-order chi connectivity index (χ0) is 12.1. The summed E-state index contributed by atoms with van der Waals surface area (Å²) in [6.45, 7) is 3.81. The van der Waals surface area contributed by atoms with Crippen molar-refractivity contribution in [1.82, 2.24) is 4.90 Å². The largest absolute Gasteiger partial charge is 0.331 e. The molecule has 86 valence electrons. The number of benzene rings is 1. The highest BCUT2D eigenvalue weighted by Gasteiger charge is 2.22. The molecule has 1 aromatic rings. The average Bonchev–Trinajstić information content (AvgIpc) is 2.29. The summed E-state index contributed by atoms with van der Waals surface area (Å²) in [4.78, 5) is 26.1. The SMILES string of the molecule is CCN(C)C(=O)N(C(C)=O)c1ccccc1. The molecular weight excluding hydrogens is 204 g/mol. The average molecular weight is 220 g/mol. The fraction of sp³-hybridized carbons (Fsp3) is 0.333. The third-order valence-corrected chi connectivity index (χ3v) is 2.32. The van der Waals surface area contributed by atoms with Crippen LogP contribution in [0.3, 0.4) is 0 Å². The van der Waals surface area contributed by atoms with Gasteiger partial charge in [0.15, 0.2) is 0 Å². The van der Waals surface area contributed by atoms with E-state index in [2.05, 4.69) is 0 Å². The van der Waals surface area contributed by atoms with Crippen molar-refractivity contribution in [1.29, 1.82) is 0 Å². The molecule has 0 radical (unpaired) electrons. The summed E-state index contributed by atoms with van der Waals surface area (Å²) in [6, 6.07) is 8.61. The molecule has 0 spiro atoms. The van der Waals surface area contributed by atoms with Crippen molar-refractivity contribution < 1.29 is 9.59 Å². The molecule has 0 aliphatic carbocycles. The molecule has 0 unspecified atom stereocenters. The van der Waals surface area contributed by atoms with Gasteiger partial charge >= 0.3 is 6.03 Å². The van der Waals surface area contributed by atoms with Crippen LogP contribution in [0.4, 0.5) is 10.5 Å². The Morgan fingerprint density at radius 1 is 1.19 bits per heavy atom. The number of carbonyl (C=O) groups excluding carboxylic acids is 2. The Bertz CT molecular complexity index is 376. The Balaban J connectivity index is 3.02. The molecule has 1 aromatic carbocycles. The highest BCUT2D eigenvalue weighted by atomic mass is 16.2. The molecule has 3 amide bonds. The summed E-state index contributed by atoms with van der Waals surface area (Å²) in [5.41, 5.74) is 0.598. The van der Waals surface area contributed by atoms with E-state index in [9.17, 15) is 9.59 Å². The number of hydrogen-bond donors (Lipinski definition) is 0. The summed E-state index contributed by atoms with van der Waals surface area (Å²) in [7, 11) is 1.67. The van der Waals surface area contributed by atoms with E-state index in [1.807, 2.05) is 13.0 Å². The van der Waals surface area contributed by atoms with Gasteiger partial charge in [-0.15, -0.1) is 0 Å². The van der Waals surface area contributed by atoms with Gasteiger partial charge in [-0.3, -0.25) is 4.79 Å². The van der Waals surface area contributed by atoms with Crippen molar-refractivity contribution in [2.24, 2.45) is 0 Å². The molecule has 0 saturated carbocycles. The lowest BCUT2D eigenvalue weighted by atomic mass is 10.3. The first kappa shape index (κ1) is 12.2. The van der Waals surface area contributed by atoms with Crippen LogP contribution in [0.25, 0.3) is 0 Å². The molecule has 0 aliphatic rings. The molecule has 0 N–H and O–H groups in total. The number of hydrogen-bond acceptors (Lipinski definition) is 2. The maximum absolute atomic E-state index is 11.9. The van der Waals surface area contributed by atoms with Crippen molar-refractivity contribution in [2.75, 3.05) is 18.5 Å². The molecule has 0 bridgehead atoms. The number of imide groups is 1. The molecule has 4 heteroatoms. The molecule has 0 saturated heterocycles. The topological polar surface area (TPSA) is 40.6 Å². The number of urea groups is 1. The van der Waals surface area contributed by atoms with Crippen LogP contribution >= 0.6 is 0 Å². The van der Waals surface area contributed by atoms with Crippen LogP contribution in [-0.2, 0) is 4.79 Å². The summed E-state index contributed by atoms with van der Waals surface area (Å²) in [5, 5.41) is 0. The first-order valence-corrected chi connectivity index (χ1v) is 5.18. The standard InChI is InChI=1S/C12H16N2O2/c1-4-13(3)12(16)14(10(2)15)11-8-6-5-7-9-11/h5-9H,4H2,1-3H3. The zero-order valence-electron chi connectivity index (χ0n) is 9.80. The number of amides is 3. The van der Waals surface area contributed by atoms with E-state index in [1.54, 1.807) is 31.3 Å². The Kier molecular flexibility index (Phi) is 4.05. The smallest absolute Gasteiger partial charge is 0.327 e. The summed E-state index contributed by atoms with van der Waals surface area (Å²) in [5.74, 6) is -0.281. The minimum atomic E-state index is -0.304. The van der Waals surface area contributed by atoms with E-state index in [0.717, 1.165) is 0 Å². The van der Waals surface area contributed by atoms with Crippen LogP contribution in [0.1, 0.15) is 13.8 Å². The zero-order valence-corrected chi connectivity index (χ0v) is 9.80. The monoisotopic (exact) mass is 220 g/mol. The molecule has 0 atom stereocenters. The fourth-order valence-electron chi connectivity index (χ4n) is 1.31. The normalized spacial score (nSPS) is 9.69. The highest BCUT2D eigenvalue weighted by molar-refractivity contribution is 6.13. The van der Waals surface area contributed by atoms with E-state index in [0.29, 0.717) is 12.2 Å². The van der Waals surface area contributed by atoms with Gasteiger partial charge in [0.1, 0.15) is 0 Å². The highest BCUT2D eigenvalue weighted by Crippen LogP contribution is 2.15. The Labute approximate surface area is 95.5 Å². The lowest BCUT2D eigenvalue weighted by Gasteiger charge is -2.24. The predicted molar refractivity (Wildman–Crippen MR) is 63.3 cm³/mol. The van der Waals surface area contributed by atoms with Crippen molar-refractivity contribution >= 4 is 17.6 Å². The lowest BCUT2D eigenvalue weighted by Crippen LogP contribution is -2.43. The fourth-order valence-corrected chi connectivity index (χ4v) is 1.31. The van der Waals surface area contributed by atoms with E-state index >= 15 is 0 Å². The molecule has 1 rings (SSSR count). The summed E-state index contributed by atoms with van der Waals surface area (Å²) in [6.07, 6.45) is 0. The molecule has 16 heavy (non-hydrogen) atoms. The number of para-hydroxylation sites is 1. The van der Waals surface area contributed by atoms with E-state index < -0.39 is 0 Å². The number of anilines is 1. The van der Waals surface area contributed by atoms with Crippen LogP contribution in [0.15, 0.2) is 30.3 Å². The van der Waals surface area contributed by atoms with Crippen LogP contribution in [0.5, 0.6) is 0 Å². The Morgan fingerprint density at radius 2 is 1.75 bits per heavy atom. The summed E-state index contributed by atoms with van der Waals surface area (Å²) < 4.78 is 0. The van der Waals surface area contributed by atoms with Crippen molar-refractivity contribution in [2.45, 2.75) is 13.8 Å². The quantitative estimate of drug-likeness (QED) is 0.766. The van der Waals surface area contributed by atoms with Crippen molar-refractivity contribution in [3.8, 4) is 0 Å². The van der Waals surface area contributed by atoms with Gasteiger partial charge in [-0.1, -0.05) is 18.2 Å².